The van der Waals surface area contributed by atoms with Gasteiger partial charge in [0.1, 0.15) is 6.61 Å². The number of hydrogen-bond acceptors (Lipinski definition) is 7. The first-order valence-electron chi connectivity index (χ1n) is 14.1. The van der Waals surface area contributed by atoms with Crippen LogP contribution in [0, 0.1) is 28.6 Å². The maximum absolute atomic E-state index is 12.8. The van der Waals surface area contributed by atoms with Gasteiger partial charge in [-0.2, -0.15) is 5.10 Å². The molecular weight excluding hydrogens is 564 g/mol. The number of ether oxygens (including phenoxy) is 1. The molecule has 9 heteroatoms. The van der Waals surface area contributed by atoms with Crippen LogP contribution in [0.3, 0.4) is 0 Å². The molecule has 1 aromatic carbocycles. The number of aliphatic hydroxyl groups is 3. The normalized spacial score (nSPS) is 43.3. The summed E-state index contributed by atoms with van der Waals surface area (Å²) >= 11 is 3.39. The van der Waals surface area contributed by atoms with E-state index in [0.717, 1.165) is 29.3 Å². The van der Waals surface area contributed by atoms with Gasteiger partial charge in [-0.3, -0.25) is 4.79 Å². The van der Waals surface area contributed by atoms with Crippen LogP contribution in [0.4, 0.5) is 0 Å². The first-order valence-corrected chi connectivity index (χ1v) is 14.9. The fraction of sp³-hybridized carbons (Fsp3) is 0.633. The summed E-state index contributed by atoms with van der Waals surface area (Å²) in [6.07, 6.45) is 8.13. The van der Waals surface area contributed by atoms with Gasteiger partial charge >= 0.3 is 5.97 Å². The Morgan fingerprint density at radius 2 is 1.92 bits per heavy atom. The summed E-state index contributed by atoms with van der Waals surface area (Å²) in [4.78, 5) is 24.7. The van der Waals surface area contributed by atoms with Crippen LogP contribution in [0.1, 0.15) is 75.1 Å². The lowest BCUT2D eigenvalue weighted by atomic mass is 9.41. The topological polar surface area (TPSA) is 128 Å². The Labute approximate surface area is 237 Å². The number of hydrogen-bond donors (Lipinski definition) is 4. The number of fused-ring (bicyclic) bond motifs is 5. The lowest BCUT2D eigenvalue weighted by molar-refractivity contribution is -0.237. The highest BCUT2D eigenvalue weighted by Crippen LogP contribution is 2.70. The van der Waals surface area contributed by atoms with Gasteiger partial charge in [0.05, 0.1) is 17.3 Å². The molecular formula is C30H37BrN2O6. The van der Waals surface area contributed by atoms with E-state index in [1.165, 1.54) is 0 Å². The number of halogens is 1. The number of carbonyl (C=O) groups is 2. The molecule has 0 aromatic heterocycles. The van der Waals surface area contributed by atoms with Crippen molar-refractivity contribution < 1.29 is 29.6 Å². The average Bonchev–Trinajstić information content (AvgIpc) is 3.43. The van der Waals surface area contributed by atoms with Crippen LogP contribution in [-0.4, -0.2) is 57.3 Å². The molecule has 0 bridgehead atoms. The minimum atomic E-state index is -1.17. The zero-order valence-electron chi connectivity index (χ0n) is 22.2. The summed E-state index contributed by atoms with van der Waals surface area (Å²) in [6, 6.07) is 7.06. The molecule has 6 rings (SSSR count). The quantitative estimate of drug-likeness (QED) is 0.236. The summed E-state index contributed by atoms with van der Waals surface area (Å²) in [5.41, 5.74) is 0.808. The molecule has 8 atom stereocenters. The monoisotopic (exact) mass is 600 g/mol. The van der Waals surface area contributed by atoms with E-state index in [4.69, 9.17) is 4.74 Å². The second-order valence-corrected chi connectivity index (χ2v) is 13.6. The number of carbonyl (C=O) groups excluding carboxylic acids is 2. The number of benzene rings is 1. The number of amides is 1. The van der Waals surface area contributed by atoms with Crippen molar-refractivity contribution in [2.24, 2.45) is 33.7 Å². The van der Waals surface area contributed by atoms with Crippen molar-refractivity contribution in [3.8, 4) is 0 Å². The molecule has 1 aromatic rings. The Morgan fingerprint density at radius 3 is 2.67 bits per heavy atom. The van der Waals surface area contributed by atoms with Gasteiger partial charge in [0.25, 0.3) is 5.91 Å². The number of aliphatic hydroxyl groups excluding tert-OH is 1. The van der Waals surface area contributed by atoms with Crippen molar-refractivity contribution in [3.05, 3.63) is 46.0 Å². The first kappa shape index (κ1) is 27.1. The van der Waals surface area contributed by atoms with E-state index < -0.39 is 28.1 Å². The highest BCUT2D eigenvalue weighted by Gasteiger charge is 2.71. The number of hydrazone groups is 1. The number of nitrogens with one attached hydrogen (secondary N) is 1. The number of cyclic esters (lactones) is 1. The Balaban J connectivity index is 1.32. The van der Waals surface area contributed by atoms with E-state index in [2.05, 4.69) is 33.4 Å². The maximum Gasteiger partial charge on any atom is 0.331 e. The third kappa shape index (κ3) is 4.06. The second kappa shape index (κ2) is 9.50. The molecule has 4 N–H and O–H groups in total. The maximum atomic E-state index is 12.8. The summed E-state index contributed by atoms with van der Waals surface area (Å²) < 4.78 is 6.02. The molecule has 4 fully saturated rings. The molecule has 0 radical (unpaired) electrons. The Hall–Kier alpha value is -2.07. The van der Waals surface area contributed by atoms with Crippen molar-refractivity contribution in [2.75, 3.05) is 6.61 Å². The molecule has 0 saturated heterocycles. The lowest BCUT2D eigenvalue weighted by Gasteiger charge is -2.65. The number of rotatable bonds is 4. The molecule has 4 saturated carbocycles. The molecule has 39 heavy (non-hydrogen) atoms. The fourth-order valence-electron chi connectivity index (χ4n) is 9.26. The molecule has 210 valence electrons. The van der Waals surface area contributed by atoms with Gasteiger partial charge in [-0.25, -0.2) is 10.2 Å². The van der Waals surface area contributed by atoms with Crippen LogP contribution in [-0.2, 0) is 9.53 Å². The smallest absolute Gasteiger partial charge is 0.331 e. The van der Waals surface area contributed by atoms with Gasteiger partial charge in [-0.15, -0.1) is 0 Å². The standard InChI is InChI=1S/C30H37BrN2O6/c1-27-9-6-23-24(30(27,38)12-8-22(27)19-14-25(35)39-16-19)7-11-29(37)15-21(34)5-10-28(23,29)17-32-33-26(36)18-3-2-4-20(31)13-18/h2-4,13-14,17,21-24,34,37-38H,5-12,15-16H2,1H3,(H,33,36)/b32-17+/t21-,22?,23+,24-,27?,28?,29?,30?/m1/s1. The fourth-order valence-corrected chi connectivity index (χ4v) is 9.66. The third-order valence-corrected chi connectivity index (χ3v) is 11.7. The molecule has 0 spiro atoms. The number of esters is 1. The van der Waals surface area contributed by atoms with Crippen LogP contribution in [0.15, 0.2) is 45.5 Å². The summed E-state index contributed by atoms with van der Waals surface area (Å²) in [5.74, 6) is -0.685. The van der Waals surface area contributed by atoms with Crippen LogP contribution >= 0.6 is 15.9 Å². The summed E-state index contributed by atoms with van der Waals surface area (Å²) in [5, 5.41) is 39.6. The molecule has 8 nitrogen and oxygen atoms in total. The molecule has 1 heterocycles. The molecule has 5 aliphatic rings. The predicted molar refractivity (Wildman–Crippen MR) is 148 cm³/mol. The predicted octanol–water partition coefficient (Wildman–Crippen LogP) is 3.88. The Morgan fingerprint density at radius 1 is 1.13 bits per heavy atom. The van der Waals surface area contributed by atoms with Crippen LogP contribution in [0.2, 0.25) is 0 Å². The van der Waals surface area contributed by atoms with Crippen LogP contribution in [0.5, 0.6) is 0 Å². The van der Waals surface area contributed by atoms with Crippen molar-refractivity contribution >= 4 is 34.0 Å². The van der Waals surface area contributed by atoms with Crippen molar-refractivity contribution in [3.63, 3.8) is 0 Å². The van der Waals surface area contributed by atoms with Crippen molar-refractivity contribution in [1.82, 2.24) is 5.43 Å². The Bertz CT molecular complexity index is 1250. The molecule has 1 aliphatic heterocycles. The minimum absolute atomic E-state index is 0.0532. The molecule has 1 amide bonds. The van der Waals surface area contributed by atoms with E-state index in [9.17, 15) is 24.9 Å². The Kier molecular flexibility index (Phi) is 6.61. The zero-order valence-corrected chi connectivity index (χ0v) is 23.8. The lowest BCUT2D eigenvalue weighted by Crippen LogP contribution is -2.68. The highest BCUT2D eigenvalue weighted by molar-refractivity contribution is 9.10. The van der Waals surface area contributed by atoms with E-state index >= 15 is 0 Å². The van der Waals surface area contributed by atoms with Gasteiger partial charge in [0.15, 0.2) is 0 Å². The van der Waals surface area contributed by atoms with Crippen molar-refractivity contribution in [1.29, 1.82) is 0 Å². The first-order chi connectivity index (χ1) is 18.5. The minimum Gasteiger partial charge on any atom is -0.458 e. The van der Waals surface area contributed by atoms with Gasteiger partial charge < -0.3 is 20.1 Å². The highest BCUT2D eigenvalue weighted by atomic mass is 79.9. The number of nitrogens with zero attached hydrogens (tertiary/aromatic N) is 1. The van der Waals surface area contributed by atoms with Gasteiger partial charge in [0, 0.05) is 39.6 Å². The van der Waals surface area contributed by atoms with Crippen molar-refractivity contribution in [2.45, 2.75) is 82.0 Å². The van der Waals surface area contributed by atoms with E-state index in [1.54, 1.807) is 30.5 Å². The average molecular weight is 602 g/mol. The summed E-state index contributed by atoms with van der Waals surface area (Å²) in [6.45, 7) is 2.46. The van der Waals surface area contributed by atoms with Crippen LogP contribution in [0.25, 0.3) is 0 Å². The molecule has 4 aliphatic carbocycles. The largest absolute Gasteiger partial charge is 0.458 e. The SMILES string of the molecule is CC12CC[C@H]3[C@@H](CCC4(O)C[C@H](O)CCC34/C=N/NC(=O)c3cccc(Br)c3)C1(O)CCC2C1=CC(=O)OC1. The second-order valence-electron chi connectivity index (χ2n) is 12.7. The van der Waals surface area contributed by atoms with E-state index in [-0.39, 0.29) is 36.1 Å². The zero-order chi connectivity index (χ0) is 27.6. The van der Waals surface area contributed by atoms with Gasteiger partial charge in [-0.1, -0.05) is 28.9 Å². The van der Waals surface area contributed by atoms with E-state index in [0.29, 0.717) is 44.3 Å². The molecule has 5 unspecified atom stereocenters. The summed E-state index contributed by atoms with van der Waals surface area (Å²) in [7, 11) is 0. The third-order valence-electron chi connectivity index (χ3n) is 11.2. The van der Waals surface area contributed by atoms with E-state index in [1.807, 2.05) is 6.07 Å². The van der Waals surface area contributed by atoms with Crippen LogP contribution < -0.4 is 5.43 Å². The van der Waals surface area contributed by atoms with Gasteiger partial charge in [0.2, 0.25) is 0 Å². The van der Waals surface area contributed by atoms with Gasteiger partial charge in [-0.05, 0) is 92.9 Å².